The molecule has 0 aliphatic carbocycles. The van der Waals surface area contributed by atoms with Crippen LogP contribution in [0.3, 0.4) is 0 Å². The third-order valence-corrected chi connectivity index (χ3v) is 10.2. The van der Waals surface area contributed by atoms with Crippen LogP contribution >= 0.6 is 11.8 Å². The Labute approximate surface area is 325 Å². The average molecular weight is 751 g/mol. The quantitative estimate of drug-likeness (QED) is 0.0269. The number of amides is 1. The number of hydrogen-bond acceptors (Lipinski definition) is 7. The number of esters is 2. The molecular formula is C44H82N2O5S. The SMILES string of the molecule is CCCCCCCC/C=C\CCCCCCCC(=O)OCCN(COC(=O)CCCCCCC/C=C\CCCCCCCC)C(=O)SCCN(C)C. The van der Waals surface area contributed by atoms with Gasteiger partial charge in [-0.25, -0.2) is 0 Å². The normalized spacial score (nSPS) is 11.6. The minimum absolute atomic E-state index is 0.107. The zero-order valence-corrected chi connectivity index (χ0v) is 35.3. The molecule has 0 saturated heterocycles. The monoisotopic (exact) mass is 751 g/mol. The van der Waals surface area contributed by atoms with Crippen molar-refractivity contribution < 1.29 is 23.9 Å². The molecule has 0 aromatic carbocycles. The number of unbranched alkanes of at least 4 members (excludes halogenated alkanes) is 22. The van der Waals surface area contributed by atoms with Gasteiger partial charge in [0.2, 0.25) is 0 Å². The summed E-state index contributed by atoms with van der Waals surface area (Å²) >= 11 is 1.20. The van der Waals surface area contributed by atoms with Crippen LogP contribution in [0.15, 0.2) is 24.3 Å². The molecule has 0 aliphatic heterocycles. The van der Waals surface area contributed by atoms with Crippen LogP contribution in [-0.2, 0) is 19.1 Å². The van der Waals surface area contributed by atoms with Gasteiger partial charge in [-0.2, -0.15) is 0 Å². The first-order valence-corrected chi connectivity index (χ1v) is 22.6. The standard InChI is InChI=1S/C44H82N2O5S/c1-5-7-9-11-13-15-17-19-21-23-25-27-29-31-33-35-42(47)50-39-37-46(44(49)52-40-38-45(3)4)41-51-43(48)36-34-32-30-28-26-24-22-20-18-16-14-12-10-8-6-2/h19-22H,5-18,23-41H2,1-4H3/b21-19-,22-20-. The second kappa shape index (κ2) is 40.4. The molecule has 8 heteroatoms. The van der Waals surface area contributed by atoms with Crippen LogP contribution in [0.25, 0.3) is 0 Å². The summed E-state index contributed by atoms with van der Waals surface area (Å²) in [6.07, 6.45) is 41.7. The van der Waals surface area contributed by atoms with Crippen molar-refractivity contribution in [3.05, 3.63) is 24.3 Å². The van der Waals surface area contributed by atoms with E-state index in [0.717, 1.165) is 57.9 Å². The van der Waals surface area contributed by atoms with Crippen LogP contribution in [0.2, 0.25) is 0 Å². The molecule has 0 heterocycles. The third kappa shape index (κ3) is 37.9. The number of carbonyl (C=O) groups excluding carboxylic acids is 3. The van der Waals surface area contributed by atoms with Crippen molar-refractivity contribution in [2.45, 2.75) is 194 Å². The van der Waals surface area contributed by atoms with Gasteiger partial charge in [-0.05, 0) is 78.3 Å². The Morgan fingerprint density at radius 2 is 0.885 bits per heavy atom. The van der Waals surface area contributed by atoms with Crippen molar-refractivity contribution in [1.29, 1.82) is 0 Å². The lowest BCUT2D eigenvalue weighted by Gasteiger charge is -2.22. The molecule has 0 aromatic rings. The molecule has 0 rings (SSSR count). The number of nitrogens with zero attached hydrogens (tertiary/aromatic N) is 2. The summed E-state index contributed by atoms with van der Waals surface area (Å²) in [4.78, 5) is 41.1. The van der Waals surface area contributed by atoms with Gasteiger partial charge < -0.3 is 14.4 Å². The Hall–Kier alpha value is -1.80. The fourth-order valence-electron chi connectivity index (χ4n) is 5.86. The van der Waals surface area contributed by atoms with Crippen LogP contribution in [0, 0.1) is 0 Å². The predicted molar refractivity (Wildman–Crippen MR) is 224 cm³/mol. The highest BCUT2D eigenvalue weighted by atomic mass is 32.2. The van der Waals surface area contributed by atoms with E-state index in [4.69, 9.17) is 9.47 Å². The van der Waals surface area contributed by atoms with Gasteiger partial charge in [0.05, 0.1) is 6.54 Å². The second-order valence-electron chi connectivity index (χ2n) is 14.7. The summed E-state index contributed by atoms with van der Waals surface area (Å²) in [6.45, 7) is 5.50. The number of rotatable bonds is 38. The van der Waals surface area contributed by atoms with Crippen LogP contribution in [0.5, 0.6) is 0 Å². The third-order valence-electron chi connectivity index (χ3n) is 9.31. The van der Waals surface area contributed by atoms with Gasteiger partial charge in [0.25, 0.3) is 5.24 Å². The van der Waals surface area contributed by atoms with Gasteiger partial charge in [-0.3, -0.25) is 19.3 Å². The zero-order valence-electron chi connectivity index (χ0n) is 34.5. The summed E-state index contributed by atoms with van der Waals surface area (Å²) in [5, 5.41) is -0.163. The van der Waals surface area contributed by atoms with Crippen molar-refractivity contribution in [2.75, 3.05) is 46.3 Å². The number of ether oxygens (including phenoxy) is 2. The van der Waals surface area contributed by atoms with Crippen LogP contribution in [-0.4, -0.2) is 73.3 Å². The van der Waals surface area contributed by atoms with Gasteiger partial charge >= 0.3 is 11.9 Å². The van der Waals surface area contributed by atoms with E-state index < -0.39 is 0 Å². The van der Waals surface area contributed by atoms with Crippen LogP contribution in [0.4, 0.5) is 4.79 Å². The number of thioether (sulfide) groups is 1. The first kappa shape index (κ1) is 50.2. The van der Waals surface area contributed by atoms with Gasteiger partial charge in [0.15, 0.2) is 6.73 Å². The van der Waals surface area contributed by atoms with E-state index in [1.165, 1.54) is 132 Å². The van der Waals surface area contributed by atoms with E-state index in [2.05, 4.69) is 38.2 Å². The summed E-state index contributed by atoms with van der Waals surface area (Å²) in [7, 11) is 3.93. The van der Waals surface area contributed by atoms with Crippen molar-refractivity contribution in [2.24, 2.45) is 0 Å². The maximum absolute atomic E-state index is 12.9. The molecule has 0 atom stereocenters. The van der Waals surface area contributed by atoms with Crippen molar-refractivity contribution in [3.63, 3.8) is 0 Å². The summed E-state index contributed by atoms with van der Waals surface area (Å²) in [5.74, 6) is 0.127. The topological polar surface area (TPSA) is 76.1 Å². The number of carbonyl (C=O) groups is 3. The minimum atomic E-state index is -0.282. The largest absolute Gasteiger partial charge is 0.464 e. The molecular weight excluding hydrogens is 669 g/mol. The Balaban J connectivity index is 4.08. The minimum Gasteiger partial charge on any atom is -0.464 e. The van der Waals surface area contributed by atoms with Gasteiger partial charge in [-0.1, -0.05) is 153 Å². The second-order valence-corrected chi connectivity index (χ2v) is 15.8. The Morgan fingerprint density at radius 1 is 0.500 bits per heavy atom. The lowest BCUT2D eigenvalue weighted by atomic mass is 10.1. The number of hydrogen-bond donors (Lipinski definition) is 0. The first-order valence-electron chi connectivity index (χ1n) is 21.6. The molecule has 1 amide bonds. The maximum Gasteiger partial charge on any atom is 0.307 e. The highest BCUT2D eigenvalue weighted by molar-refractivity contribution is 8.13. The molecule has 0 unspecified atom stereocenters. The molecule has 0 spiro atoms. The van der Waals surface area contributed by atoms with Crippen LogP contribution < -0.4 is 0 Å². The zero-order chi connectivity index (χ0) is 38.2. The average Bonchev–Trinajstić information content (AvgIpc) is 3.12. The molecule has 0 N–H and O–H groups in total. The highest BCUT2D eigenvalue weighted by Crippen LogP contribution is 2.14. The van der Waals surface area contributed by atoms with Gasteiger partial charge in [-0.15, -0.1) is 0 Å². The molecule has 0 fully saturated rings. The molecule has 0 aliphatic rings. The molecule has 0 saturated carbocycles. The van der Waals surface area contributed by atoms with E-state index >= 15 is 0 Å². The summed E-state index contributed by atoms with van der Waals surface area (Å²) < 4.78 is 10.9. The van der Waals surface area contributed by atoms with Gasteiger partial charge in [0.1, 0.15) is 6.61 Å². The number of allylic oxidation sites excluding steroid dienone is 4. The Morgan fingerprint density at radius 3 is 1.31 bits per heavy atom. The first-order chi connectivity index (χ1) is 25.4. The fraction of sp³-hybridized carbons (Fsp3) is 0.841. The Kier molecular flexibility index (Phi) is 39.0. The summed E-state index contributed by atoms with van der Waals surface area (Å²) in [6, 6.07) is 0. The molecule has 0 bridgehead atoms. The van der Waals surface area contributed by atoms with Crippen LogP contribution in [0.1, 0.15) is 194 Å². The highest BCUT2D eigenvalue weighted by Gasteiger charge is 2.17. The van der Waals surface area contributed by atoms with Crippen molar-refractivity contribution in [3.8, 4) is 0 Å². The van der Waals surface area contributed by atoms with E-state index in [1.54, 1.807) is 0 Å². The van der Waals surface area contributed by atoms with E-state index in [1.807, 2.05) is 19.0 Å². The van der Waals surface area contributed by atoms with E-state index in [9.17, 15) is 14.4 Å². The molecule has 52 heavy (non-hydrogen) atoms. The lowest BCUT2D eigenvalue weighted by molar-refractivity contribution is -0.149. The van der Waals surface area contributed by atoms with E-state index in [0.29, 0.717) is 18.6 Å². The smallest absolute Gasteiger partial charge is 0.307 e. The molecule has 304 valence electrons. The van der Waals surface area contributed by atoms with Crippen molar-refractivity contribution in [1.82, 2.24) is 9.80 Å². The molecule has 0 radical (unpaired) electrons. The predicted octanol–water partition coefficient (Wildman–Crippen LogP) is 12.8. The summed E-state index contributed by atoms with van der Waals surface area (Å²) in [5.41, 5.74) is 0. The fourth-order valence-corrected chi connectivity index (χ4v) is 6.82. The maximum atomic E-state index is 12.9. The van der Waals surface area contributed by atoms with Gasteiger partial charge in [0, 0.05) is 25.1 Å². The Bertz CT molecular complexity index is 879. The molecule has 0 aromatic heterocycles. The molecule has 7 nitrogen and oxygen atoms in total. The van der Waals surface area contributed by atoms with E-state index in [-0.39, 0.29) is 37.1 Å². The lowest BCUT2D eigenvalue weighted by Crippen LogP contribution is -2.35. The van der Waals surface area contributed by atoms with Crippen molar-refractivity contribution >= 4 is 28.9 Å².